The van der Waals surface area contributed by atoms with Gasteiger partial charge in [0, 0.05) is 50.5 Å². The first-order chi connectivity index (χ1) is 9.69. The number of piperazine rings is 3. The predicted molar refractivity (Wildman–Crippen MR) is 81.0 cm³/mol. The normalized spacial score (nSPS) is 28.6. The maximum Gasteiger partial charge on any atom is 0.149 e. The smallest absolute Gasteiger partial charge is 0.149 e. The molecule has 2 bridgehead atoms. The van der Waals surface area contributed by atoms with Crippen LogP contribution in [-0.2, 0) is 0 Å². The third-order valence-corrected chi connectivity index (χ3v) is 4.53. The molecule has 0 aliphatic carbocycles. The van der Waals surface area contributed by atoms with E-state index in [1.165, 1.54) is 18.7 Å². The second kappa shape index (κ2) is 5.66. The summed E-state index contributed by atoms with van der Waals surface area (Å²) in [5.41, 5.74) is 2.28. The highest BCUT2D eigenvalue weighted by atomic mass is 15.4. The van der Waals surface area contributed by atoms with Crippen molar-refractivity contribution in [3.63, 3.8) is 0 Å². The average Bonchev–Trinajstić information content (AvgIpc) is 2.49. The Morgan fingerprint density at radius 1 is 1.15 bits per heavy atom. The Balaban J connectivity index is 1.87. The number of anilines is 1. The Hall–Kier alpha value is -1.20. The topological polar surface area (TPSA) is 44.3 Å². The van der Waals surface area contributed by atoms with Crippen LogP contribution < -0.4 is 5.32 Å². The van der Waals surface area contributed by atoms with Crippen LogP contribution in [0, 0.1) is 13.8 Å². The van der Waals surface area contributed by atoms with Crippen LogP contribution in [0.15, 0.2) is 0 Å². The zero-order valence-corrected chi connectivity index (χ0v) is 12.8. The van der Waals surface area contributed by atoms with Gasteiger partial charge in [-0.2, -0.15) is 0 Å². The lowest BCUT2D eigenvalue weighted by Gasteiger charge is -2.46. The molecule has 1 N–H and O–H groups in total. The molecular weight excluding hydrogens is 250 g/mol. The van der Waals surface area contributed by atoms with Crippen molar-refractivity contribution in [3.05, 3.63) is 17.1 Å². The average molecular weight is 275 g/mol. The van der Waals surface area contributed by atoms with Crippen molar-refractivity contribution in [1.29, 1.82) is 0 Å². The van der Waals surface area contributed by atoms with E-state index < -0.39 is 0 Å². The molecule has 1 atom stereocenters. The summed E-state index contributed by atoms with van der Waals surface area (Å²) in [7, 11) is 0. The molecule has 4 rings (SSSR count). The van der Waals surface area contributed by atoms with Crippen molar-refractivity contribution in [1.82, 2.24) is 19.8 Å². The van der Waals surface area contributed by atoms with E-state index in [0.29, 0.717) is 6.04 Å². The number of hydrogen-bond acceptors (Lipinski definition) is 5. The maximum absolute atomic E-state index is 4.82. The zero-order valence-electron chi connectivity index (χ0n) is 12.8. The first kappa shape index (κ1) is 13.8. The number of fused-ring (bicyclic) bond motifs is 3. The van der Waals surface area contributed by atoms with Crippen LogP contribution in [-0.4, -0.2) is 59.0 Å². The molecular formula is C15H25N5. The van der Waals surface area contributed by atoms with E-state index >= 15 is 0 Å². The molecule has 5 heteroatoms. The van der Waals surface area contributed by atoms with E-state index in [4.69, 9.17) is 9.97 Å². The van der Waals surface area contributed by atoms with E-state index in [1.807, 2.05) is 0 Å². The van der Waals surface area contributed by atoms with Gasteiger partial charge in [0.25, 0.3) is 0 Å². The van der Waals surface area contributed by atoms with E-state index in [2.05, 4.69) is 35.9 Å². The Morgan fingerprint density at radius 2 is 1.90 bits per heavy atom. The van der Waals surface area contributed by atoms with Crippen LogP contribution in [0.25, 0.3) is 0 Å². The molecule has 4 heterocycles. The Kier molecular flexibility index (Phi) is 3.89. The van der Waals surface area contributed by atoms with Crippen LogP contribution in [0.4, 0.5) is 5.82 Å². The molecule has 20 heavy (non-hydrogen) atoms. The van der Waals surface area contributed by atoms with Crippen molar-refractivity contribution in [2.24, 2.45) is 0 Å². The number of aromatic nitrogens is 2. The SMILES string of the molecule is CCCNc1nc(C2CN3CCN2CC3)nc(C)c1C. The van der Waals surface area contributed by atoms with Gasteiger partial charge in [-0.05, 0) is 20.3 Å². The number of aryl methyl sites for hydroxylation is 1. The first-order valence-electron chi connectivity index (χ1n) is 7.74. The van der Waals surface area contributed by atoms with Gasteiger partial charge in [0.15, 0.2) is 0 Å². The summed E-state index contributed by atoms with van der Waals surface area (Å²) >= 11 is 0. The first-order valence-corrected chi connectivity index (χ1v) is 7.74. The molecule has 1 aromatic rings. The van der Waals surface area contributed by atoms with Crippen LogP contribution >= 0.6 is 0 Å². The molecule has 5 nitrogen and oxygen atoms in total. The molecule has 3 fully saturated rings. The van der Waals surface area contributed by atoms with Gasteiger partial charge in [-0.15, -0.1) is 0 Å². The molecule has 0 radical (unpaired) electrons. The molecule has 3 aliphatic rings. The minimum absolute atomic E-state index is 0.374. The largest absolute Gasteiger partial charge is 0.370 e. The van der Waals surface area contributed by atoms with Gasteiger partial charge < -0.3 is 5.32 Å². The summed E-state index contributed by atoms with van der Waals surface area (Å²) in [4.78, 5) is 14.7. The van der Waals surface area contributed by atoms with Gasteiger partial charge in [0.2, 0.25) is 0 Å². The van der Waals surface area contributed by atoms with Crippen LogP contribution in [0.5, 0.6) is 0 Å². The highest BCUT2D eigenvalue weighted by Crippen LogP contribution is 2.28. The van der Waals surface area contributed by atoms with Crippen LogP contribution in [0.2, 0.25) is 0 Å². The molecule has 0 saturated carbocycles. The lowest BCUT2D eigenvalue weighted by molar-refractivity contribution is 0.00863. The van der Waals surface area contributed by atoms with Gasteiger partial charge in [-0.1, -0.05) is 6.92 Å². The fraction of sp³-hybridized carbons (Fsp3) is 0.733. The van der Waals surface area contributed by atoms with Crippen molar-refractivity contribution < 1.29 is 0 Å². The third kappa shape index (κ3) is 2.52. The van der Waals surface area contributed by atoms with E-state index in [0.717, 1.165) is 49.9 Å². The lowest BCUT2D eigenvalue weighted by atomic mass is 10.1. The second-order valence-corrected chi connectivity index (χ2v) is 5.92. The standard InChI is InChI=1S/C15H25N5/c1-4-5-16-14-11(2)12(3)17-15(18-14)13-10-19-6-8-20(13)9-7-19/h13H,4-10H2,1-3H3,(H,16,17,18). The quantitative estimate of drug-likeness (QED) is 0.904. The molecule has 0 spiro atoms. The predicted octanol–water partition coefficient (Wildman–Crippen LogP) is 1.59. The molecule has 3 saturated heterocycles. The summed E-state index contributed by atoms with van der Waals surface area (Å²) in [5.74, 6) is 2.02. The van der Waals surface area contributed by atoms with Gasteiger partial charge >= 0.3 is 0 Å². The fourth-order valence-electron chi connectivity index (χ4n) is 3.08. The summed E-state index contributed by atoms with van der Waals surface area (Å²) in [6.45, 7) is 13.1. The Morgan fingerprint density at radius 3 is 2.50 bits per heavy atom. The maximum atomic E-state index is 4.82. The number of nitrogens with zero attached hydrogens (tertiary/aromatic N) is 4. The van der Waals surface area contributed by atoms with Crippen molar-refractivity contribution >= 4 is 5.82 Å². The van der Waals surface area contributed by atoms with E-state index in [9.17, 15) is 0 Å². The summed E-state index contributed by atoms with van der Waals surface area (Å²) in [6.07, 6.45) is 1.11. The Labute approximate surface area is 121 Å². The zero-order chi connectivity index (χ0) is 14.1. The molecule has 0 amide bonds. The summed E-state index contributed by atoms with van der Waals surface area (Å²) in [6, 6.07) is 0.374. The van der Waals surface area contributed by atoms with Crippen LogP contribution in [0.3, 0.4) is 0 Å². The molecule has 110 valence electrons. The van der Waals surface area contributed by atoms with Gasteiger partial charge in [0.05, 0.1) is 6.04 Å². The molecule has 3 aliphatic heterocycles. The molecule has 1 unspecified atom stereocenters. The van der Waals surface area contributed by atoms with E-state index in [-0.39, 0.29) is 0 Å². The Bertz CT molecular complexity index is 479. The number of rotatable bonds is 4. The minimum atomic E-state index is 0.374. The fourth-order valence-corrected chi connectivity index (χ4v) is 3.08. The highest BCUT2D eigenvalue weighted by molar-refractivity contribution is 5.45. The monoisotopic (exact) mass is 275 g/mol. The van der Waals surface area contributed by atoms with Crippen molar-refractivity contribution in [2.75, 3.05) is 44.6 Å². The highest BCUT2D eigenvalue weighted by Gasteiger charge is 2.34. The number of nitrogens with one attached hydrogen (secondary N) is 1. The lowest BCUT2D eigenvalue weighted by Crippen LogP contribution is -2.57. The van der Waals surface area contributed by atoms with Gasteiger partial charge in [0.1, 0.15) is 11.6 Å². The van der Waals surface area contributed by atoms with Gasteiger partial charge in [-0.25, -0.2) is 9.97 Å². The summed E-state index contributed by atoms with van der Waals surface area (Å²) < 4.78 is 0. The molecule has 1 aromatic heterocycles. The minimum Gasteiger partial charge on any atom is -0.370 e. The van der Waals surface area contributed by atoms with Crippen LogP contribution in [0.1, 0.15) is 36.5 Å². The number of hydrogen-bond donors (Lipinski definition) is 1. The molecule has 0 aromatic carbocycles. The van der Waals surface area contributed by atoms with Gasteiger partial charge in [-0.3, -0.25) is 9.80 Å². The third-order valence-electron chi connectivity index (χ3n) is 4.53. The van der Waals surface area contributed by atoms with E-state index in [1.54, 1.807) is 0 Å². The second-order valence-electron chi connectivity index (χ2n) is 5.92. The summed E-state index contributed by atoms with van der Waals surface area (Å²) in [5, 5.41) is 3.44. The van der Waals surface area contributed by atoms with Crippen molar-refractivity contribution in [3.8, 4) is 0 Å². The van der Waals surface area contributed by atoms with Crippen molar-refractivity contribution in [2.45, 2.75) is 33.2 Å².